The maximum Gasteiger partial charge on any atom is 0.331 e. The molecule has 4 amide bonds. The Morgan fingerprint density at radius 1 is 1.44 bits per heavy atom. The lowest BCUT2D eigenvalue weighted by Crippen LogP contribution is -2.63. The van der Waals surface area contributed by atoms with Gasteiger partial charge in [-0.15, -0.1) is 0 Å². The maximum atomic E-state index is 12.2. The van der Waals surface area contributed by atoms with Gasteiger partial charge in [-0.25, -0.2) is 4.79 Å². The quantitative estimate of drug-likeness (QED) is 0.692. The molecule has 0 aromatic heterocycles. The summed E-state index contributed by atoms with van der Waals surface area (Å²) in [6.45, 7) is 1.38. The van der Waals surface area contributed by atoms with Crippen LogP contribution in [0.25, 0.3) is 0 Å². The number of carboxylic acids is 1. The molecule has 0 spiro atoms. The zero-order valence-corrected chi connectivity index (χ0v) is 9.93. The van der Waals surface area contributed by atoms with Crippen molar-refractivity contribution < 1.29 is 24.3 Å². The van der Waals surface area contributed by atoms with Gasteiger partial charge in [0, 0.05) is 12.5 Å². The first kappa shape index (κ1) is 12.5. The Hall–Kier alpha value is -1.92. The molecule has 2 aliphatic rings. The van der Waals surface area contributed by atoms with Crippen LogP contribution in [0.3, 0.4) is 0 Å². The van der Waals surface area contributed by atoms with E-state index >= 15 is 0 Å². The van der Waals surface area contributed by atoms with Crippen LogP contribution in [0.2, 0.25) is 0 Å². The summed E-state index contributed by atoms with van der Waals surface area (Å²) in [6, 6.07) is -0.838. The average molecular weight is 254 g/mol. The van der Waals surface area contributed by atoms with Crippen molar-refractivity contribution in [2.45, 2.75) is 38.6 Å². The molecule has 1 saturated carbocycles. The highest BCUT2D eigenvalue weighted by Gasteiger charge is 2.53. The molecular formula is C11H14N2O5. The van der Waals surface area contributed by atoms with Crippen molar-refractivity contribution in [3.05, 3.63) is 0 Å². The Kier molecular flexibility index (Phi) is 2.84. The first-order valence-corrected chi connectivity index (χ1v) is 5.77. The number of carbonyl (C=O) groups is 4. The highest BCUT2D eigenvalue weighted by Crippen LogP contribution is 2.36. The molecule has 0 radical (unpaired) electrons. The third-order valence-corrected chi connectivity index (χ3v) is 3.38. The van der Waals surface area contributed by atoms with Gasteiger partial charge in [0.25, 0.3) is 0 Å². The number of nitrogens with one attached hydrogen (secondary N) is 1. The van der Waals surface area contributed by atoms with Crippen LogP contribution in [-0.2, 0) is 14.4 Å². The molecule has 1 unspecified atom stereocenters. The Bertz CT molecular complexity index is 443. The fourth-order valence-electron chi connectivity index (χ4n) is 1.99. The van der Waals surface area contributed by atoms with Gasteiger partial charge in [-0.3, -0.25) is 24.6 Å². The van der Waals surface area contributed by atoms with E-state index in [1.807, 2.05) is 0 Å². The van der Waals surface area contributed by atoms with E-state index in [0.717, 1.165) is 17.7 Å². The molecule has 0 bridgehead atoms. The van der Waals surface area contributed by atoms with Crippen molar-refractivity contribution >= 4 is 23.8 Å². The summed E-state index contributed by atoms with van der Waals surface area (Å²) in [5.74, 6) is -2.37. The second-order valence-electron chi connectivity index (χ2n) is 4.89. The SMILES string of the molecule is CC1(CCC(=O)O)C(=O)NC(=O)N(C2CC2)C1=O. The van der Waals surface area contributed by atoms with Gasteiger partial charge in [0.1, 0.15) is 5.41 Å². The molecule has 0 aromatic carbocycles. The second kappa shape index (κ2) is 4.08. The van der Waals surface area contributed by atoms with Gasteiger partial charge >= 0.3 is 12.0 Å². The average Bonchev–Trinajstić information content (AvgIpc) is 3.08. The van der Waals surface area contributed by atoms with Crippen molar-refractivity contribution in [1.82, 2.24) is 10.2 Å². The summed E-state index contributed by atoms with van der Waals surface area (Å²) in [7, 11) is 0. The first-order chi connectivity index (χ1) is 8.36. The number of carboxylic acid groups (broad SMARTS) is 1. The Morgan fingerprint density at radius 2 is 2.06 bits per heavy atom. The molecule has 1 atom stereocenters. The summed E-state index contributed by atoms with van der Waals surface area (Å²) in [5, 5.41) is 10.8. The number of rotatable bonds is 4. The van der Waals surface area contributed by atoms with E-state index in [-0.39, 0.29) is 18.9 Å². The van der Waals surface area contributed by atoms with Gasteiger partial charge in [0.05, 0.1) is 0 Å². The van der Waals surface area contributed by atoms with E-state index in [4.69, 9.17) is 5.11 Å². The molecular weight excluding hydrogens is 240 g/mol. The smallest absolute Gasteiger partial charge is 0.331 e. The van der Waals surface area contributed by atoms with Crippen LogP contribution in [0.15, 0.2) is 0 Å². The van der Waals surface area contributed by atoms with Gasteiger partial charge in [0.2, 0.25) is 11.8 Å². The van der Waals surface area contributed by atoms with Crippen molar-refractivity contribution in [2.75, 3.05) is 0 Å². The monoisotopic (exact) mass is 254 g/mol. The van der Waals surface area contributed by atoms with Crippen LogP contribution in [0.5, 0.6) is 0 Å². The topological polar surface area (TPSA) is 104 Å². The van der Waals surface area contributed by atoms with Gasteiger partial charge in [-0.05, 0) is 26.2 Å². The van der Waals surface area contributed by atoms with Crippen molar-refractivity contribution in [3.8, 4) is 0 Å². The third kappa shape index (κ3) is 1.96. The predicted octanol–water partition coefficient (Wildman–Crippen LogP) is 0.0983. The van der Waals surface area contributed by atoms with Gasteiger partial charge in [0.15, 0.2) is 0 Å². The molecule has 1 heterocycles. The van der Waals surface area contributed by atoms with Crippen molar-refractivity contribution in [3.63, 3.8) is 0 Å². The number of carbonyl (C=O) groups excluding carboxylic acids is 3. The Labute approximate surface area is 103 Å². The van der Waals surface area contributed by atoms with Crippen LogP contribution >= 0.6 is 0 Å². The highest BCUT2D eigenvalue weighted by atomic mass is 16.4. The fraction of sp³-hybridized carbons (Fsp3) is 0.636. The third-order valence-electron chi connectivity index (χ3n) is 3.38. The lowest BCUT2D eigenvalue weighted by Gasteiger charge is -2.36. The molecule has 0 aromatic rings. The van der Waals surface area contributed by atoms with Crippen LogP contribution in [-0.4, -0.2) is 39.9 Å². The van der Waals surface area contributed by atoms with E-state index in [1.165, 1.54) is 6.92 Å². The zero-order valence-electron chi connectivity index (χ0n) is 9.93. The number of barbiturate groups is 1. The molecule has 7 heteroatoms. The Balaban J connectivity index is 2.21. The number of aliphatic carboxylic acids is 1. The van der Waals surface area contributed by atoms with Crippen LogP contribution in [0, 0.1) is 5.41 Å². The number of urea groups is 1. The number of hydrogen-bond donors (Lipinski definition) is 2. The lowest BCUT2D eigenvalue weighted by molar-refractivity contribution is -0.151. The second-order valence-corrected chi connectivity index (χ2v) is 4.89. The van der Waals surface area contributed by atoms with Gasteiger partial charge in [-0.1, -0.05) is 0 Å². The lowest BCUT2D eigenvalue weighted by atomic mass is 9.81. The van der Waals surface area contributed by atoms with Crippen LogP contribution in [0.4, 0.5) is 4.79 Å². The largest absolute Gasteiger partial charge is 0.481 e. The van der Waals surface area contributed by atoms with Gasteiger partial charge in [-0.2, -0.15) is 0 Å². The Morgan fingerprint density at radius 3 is 2.56 bits per heavy atom. The molecule has 18 heavy (non-hydrogen) atoms. The molecule has 7 nitrogen and oxygen atoms in total. The van der Waals surface area contributed by atoms with E-state index in [9.17, 15) is 19.2 Å². The summed E-state index contributed by atoms with van der Waals surface area (Å²) >= 11 is 0. The first-order valence-electron chi connectivity index (χ1n) is 5.77. The minimum absolute atomic E-state index is 0.108. The van der Waals surface area contributed by atoms with Crippen LogP contribution < -0.4 is 5.32 Å². The standard InChI is InChI=1S/C11H14N2O5/c1-11(5-4-7(14)15)8(16)12-10(18)13(9(11)17)6-2-3-6/h6H,2-5H2,1H3,(H,14,15)(H,12,16,18). The van der Waals surface area contributed by atoms with Crippen molar-refractivity contribution in [1.29, 1.82) is 0 Å². The number of imide groups is 2. The molecule has 1 saturated heterocycles. The van der Waals surface area contributed by atoms with Gasteiger partial charge < -0.3 is 5.11 Å². The molecule has 2 N–H and O–H groups in total. The van der Waals surface area contributed by atoms with E-state index in [2.05, 4.69) is 5.32 Å². The summed E-state index contributed by atoms with van der Waals surface area (Å²) in [6.07, 6.45) is 1.08. The summed E-state index contributed by atoms with van der Waals surface area (Å²) in [5.41, 5.74) is -1.46. The zero-order chi connectivity index (χ0) is 13.5. The molecule has 2 rings (SSSR count). The van der Waals surface area contributed by atoms with Crippen LogP contribution in [0.1, 0.15) is 32.6 Å². The van der Waals surface area contributed by atoms with E-state index < -0.39 is 29.2 Å². The minimum atomic E-state index is -1.46. The maximum absolute atomic E-state index is 12.2. The van der Waals surface area contributed by atoms with E-state index in [1.54, 1.807) is 0 Å². The van der Waals surface area contributed by atoms with Crippen molar-refractivity contribution in [2.24, 2.45) is 5.41 Å². The number of nitrogens with zero attached hydrogens (tertiary/aromatic N) is 1. The molecule has 1 aliphatic heterocycles. The molecule has 1 aliphatic carbocycles. The molecule has 98 valence electrons. The molecule has 2 fully saturated rings. The minimum Gasteiger partial charge on any atom is -0.481 e. The number of hydrogen-bond acceptors (Lipinski definition) is 4. The highest BCUT2D eigenvalue weighted by molar-refractivity contribution is 6.19. The summed E-state index contributed by atoms with van der Waals surface area (Å²) < 4.78 is 0. The number of amides is 4. The normalized spacial score (nSPS) is 28.3. The fourth-order valence-corrected chi connectivity index (χ4v) is 1.99. The predicted molar refractivity (Wildman–Crippen MR) is 58.4 cm³/mol. The van der Waals surface area contributed by atoms with E-state index in [0.29, 0.717) is 0 Å². The summed E-state index contributed by atoms with van der Waals surface area (Å²) in [4.78, 5) is 47.2.